The summed E-state index contributed by atoms with van der Waals surface area (Å²) in [6.45, 7) is 8.59. The van der Waals surface area contributed by atoms with Crippen LogP contribution in [0.15, 0.2) is 24.3 Å². The van der Waals surface area contributed by atoms with E-state index in [0.29, 0.717) is 12.1 Å². The Morgan fingerprint density at radius 1 is 1.14 bits per heavy atom. The van der Waals surface area contributed by atoms with Gasteiger partial charge in [-0.1, -0.05) is 46.2 Å². The fourth-order valence-corrected chi connectivity index (χ4v) is 3.12. The number of hydrogen-bond acceptors (Lipinski definition) is 2. The van der Waals surface area contributed by atoms with Gasteiger partial charge in [-0.2, -0.15) is 0 Å². The number of hydrogen-bond donors (Lipinski definition) is 0. The molecule has 1 aliphatic rings. The first-order valence-electron chi connectivity index (χ1n) is 7.88. The highest BCUT2D eigenvalue weighted by molar-refractivity contribution is 6.20. The molecule has 114 valence electrons. The van der Waals surface area contributed by atoms with Crippen LogP contribution in [0, 0.1) is 5.92 Å². The molecular weight excluding hydrogens is 262 g/mol. The Labute approximate surface area is 127 Å². The van der Waals surface area contributed by atoms with Gasteiger partial charge in [0.25, 0.3) is 0 Å². The van der Waals surface area contributed by atoms with Crippen LogP contribution in [0.2, 0.25) is 0 Å². The van der Waals surface area contributed by atoms with Gasteiger partial charge in [0.15, 0.2) is 0 Å². The molecule has 0 N–H and O–H groups in total. The number of anilines is 1. The standard InChI is InChI=1S/C18H25NO2/c1-5-11-18(3,4)14-7-9-15(10-8-14)19-16(20)12-13(6-2)17(19)21/h7-10,13H,5-6,11-12H2,1-4H3. The van der Waals surface area contributed by atoms with E-state index in [-0.39, 0.29) is 23.1 Å². The summed E-state index contributed by atoms with van der Waals surface area (Å²) in [5.74, 6) is -0.274. The molecular formula is C18H25NO2. The van der Waals surface area contributed by atoms with Gasteiger partial charge in [-0.25, -0.2) is 0 Å². The topological polar surface area (TPSA) is 37.4 Å². The minimum atomic E-state index is -0.145. The maximum absolute atomic E-state index is 12.2. The smallest absolute Gasteiger partial charge is 0.237 e. The van der Waals surface area contributed by atoms with Crippen molar-refractivity contribution in [1.82, 2.24) is 0 Å². The van der Waals surface area contributed by atoms with Crippen LogP contribution in [-0.4, -0.2) is 11.8 Å². The molecule has 1 fully saturated rings. The second-order valence-corrected chi connectivity index (χ2v) is 6.56. The Bertz CT molecular complexity index is 531. The van der Waals surface area contributed by atoms with E-state index in [1.807, 2.05) is 31.2 Å². The summed E-state index contributed by atoms with van der Waals surface area (Å²) in [6.07, 6.45) is 3.32. The molecule has 0 saturated carbocycles. The maximum atomic E-state index is 12.2. The van der Waals surface area contributed by atoms with Gasteiger partial charge in [0, 0.05) is 12.3 Å². The van der Waals surface area contributed by atoms with Crippen LogP contribution in [0.25, 0.3) is 0 Å². The summed E-state index contributed by atoms with van der Waals surface area (Å²) in [4.78, 5) is 25.6. The lowest BCUT2D eigenvalue weighted by Gasteiger charge is -2.25. The number of rotatable bonds is 5. The lowest BCUT2D eigenvalue weighted by molar-refractivity contribution is -0.122. The van der Waals surface area contributed by atoms with Gasteiger partial charge in [0.2, 0.25) is 11.8 Å². The summed E-state index contributed by atoms with van der Waals surface area (Å²) in [6, 6.07) is 7.90. The van der Waals surface area contributed by atoms with Crippen molar-refractivity contribution in [2.75, 3.05) is 4.90 Å². The predicted octanol–water partition coefficient (Wildman–Crippen LogP) is 4.05. The summed E-state index contributed by atoms with van der Waals surface area (Å²) in [5, 5.41) is 0. The maximum Gasteiger partial charge on any atom is 0.237 e. The molecule has 3 heteroatoms. The van der Waals surface area contributed by atoms with Gasteiger partial charge in [-0.05, 0) is 36.0 Å². The van der Waals surface area contributed by atoms with E-state index in [2.05, 4.69) is 20.8 Å². The SMILES string of the molecule is CCCC(C)(C)c1ccc(N2C(=O)CC(CC)C2=O)cc1. The molecule has 1 saturated heterocycles. The van der Waals surface area contributed by atoms with E-state index < -0.39 is 0 Å². The Morgan fingerprint density at radius 3 is 2.24 bits per heavy atom. The average Bonchev–Trinajstić information content (AvgIpc) is 2.73. The molecule has 3 nitrogen and oxygen atoms in total. The molecule has 0 aliphatic carbocycles. The largest absolute Gasteiger partial charge is 0.274 e. The monoisotopic (exact) mass is 287 g/mol. The third-order valence-electron chi connectivity index (χ3n) is 4.51. The summed E-state index contributed by atoms with van der Waals surface area (Å²) in [5.41, 5.74) is 2.08. The Kier molecular flexibility index (Phi) is 4.50. The zero-order chi connectivity index (χ0) is 15.6. The summed E-state index contributed by atoms with van der Waals surface area (Å²) in [7, 11) is 0. The van der Waals surface area contributed by atoms with Crippen LogP contribution in [-0.2, 0) is 15.0 Å². The number of imide groups is 1. The summed E-state index contributed by atoms with van der Waals surface area (Å²) < 4.78 is 0. The third-order valence-corrected chi connectivity index (χ3v) is 4.51. The normalized spacial score (nSPS) is 19.4. The van der Waals surface area contributed by atoms with Gasteiger partial charge >= 0.3 is 0 Å². The molecule has 1 aromatic carbocycles. The van der Waals surface area contributed by atoms with Crippen molar-refractivity contribution in [1.29, 1.82) is 0 Å². The lowest BCUT2D eigenvalue weighted by Crippen LogP contribution is -2.30. The van der Waals surface area contributed by atoms with Crippen molar-refractivity contribution in [3.05, 3.63) is 29.8 Å². The molecule has 0 radical (unpaired) electrons. The number of benzene rings is 1. The molecule has 1 atom stereocenters. The Morgan fingerprint density at radius 2 is 1.76 bits per heavy atom. The zero-order valence-corrected chi connectivity index (χ0v) is 13.5. The van der Waals surface area contributed by atoms with Crippen LogP contribution in [0.4, 0.5) is 5.69 Å². The zero-order valence-electron chi connectivity index (χ0n) is 13.5. The average molecular weight is 287 g/mol. The highest BCUT2D eigenvalue weighted by atomic mass is 16.2. The number of carbonyl (C=O) groups is 2. The quantitative estimate of drug-likeness (QED) is 0.766. The van der Waals surface area contributed by atoms with E-state index in [0.717, 1.165) is 19.3 Å². The minimum absolute atomic E-state index is 0.0527. The molecule has 2 amide bonds. The van der Waals surface area contributed by atoms with E-state index in [9.17, 15) is 9.59 Å². The fourth-order valence-electron chi connectivity index (χ4n) is 3.12. The van der Waals surface area contributed by atoms with Gasteiger partial charge < -0.3 is 0 Å². The molecule has 1 unspecified atom stereocenters. The third kappa shape index (κ3) is 3.02. The first-order chi connectivity index (χ1) is 9.90. The van der Waals surface area contributed by atoms with Gasteiger partial charge in [-0.15, -0.1) is 0 Å². The van der Waals surface area contributed by atoms with Crippen molar-refractivity contribution < 1.29 is 9.59 Å². The van der Waals surface area contributed by atoms with E-state index in [1.54, 1.807) is 0 Å². The Hall–Kier alpha value is -1.64. The van der Waals surface area contributed by atoms with Crippen LogP contribution >= 0.6 is 0 Å². The lowest BCUT2D eigenvalue weighted by atomic mass is 9.81. The molecule has 1 aromatic rings. The van der Waals surface area contributed by atoms with Crippen molar-refractivity contribution in [3.8, 4) is 0 Å². The highest BCUT2D eigenvalue weighted by Crippen LogP contribution is 2.32. The van der Waals surface area contributed by atoms with Crippen molar-refractivity contribution >= 4 is 17.5 Å². The molecule has 0 bridgehead atoms. The van der Waals surface area contributed by atoms with Gasteiger partial charge in [0.1, 0.15) is 0 Å². The van der Waals surface area contributed by atoms with E-state index >= 15 is 0 Å². The number of amides is 2. The highest BCUT2D eigenvalue weighted by Gasteiger charge is 2.38. The predicted molar refractivity (Wildman–Crippen MR) is 85.3 cm³/mol. The first kappa shape index (κ1) is 15.7. The molecule has 2 rings (SSSR count). The Balaban J connectivity index is 2.24. The molecule has 1 aliphatic heterocycles. The van der Waals surface area contributed by atoms with Crippen molar-refractivity contribution in [2.45, 2.75) is 58.8 Å². The first-order valence-corrected chi connectivity index (χ1v) is 7.88. The number of nitrogens with zero attached hydrogens (tertiary/aromatic N) is 1. The van der Waals surface area contributed by atoms with Crippen LogP contribution in [0.1, 0.15) is 58.9 Å². The van der Waals surface area contributed by atoms with Crippen molar-refractivity contribution in [2.24, 2.45) is 5.92 Å². The molecule has 0 aromatic heterocycles. The minimum Gasteiger partial charge on any atom is -0.274 e. The molecule has 21 heavy (non-hydrogen) atoms. The van der Waals surface area contributed by atoms with E-state index in [1.165, 1.54) is 10.5 Å². The second-order valence-electron chi connectivity index (χ2n) is 6.56. The molecule has 1 heterocycles. The van der Waals surface area contributed by atoms with E-state index in [4.69, 9.17) is 0 Å². The van der Waals surface area contributed by atoms with Crippen LogP contribution in [0.3, 0.4) is 0 Å². The van der Waals surface area contributed by atoms with Gasteiger partial charge in [-0.3, -0.25) is 14.5 Å². The van der Waals surface area contributed by atoms with Gasteiger partial charge in [0.05, 0.1) is 5.69 Å². The van der Waals surface area contributed by atoms with Crippen molar-refractivity contribution in [3.63, 3.8) is 0 Å². The van der Waals surface area contributed by atoms with Crippen LogP contribution < -0.4 is 4.90 Å². The fraction of sp³-hybridized carbons (Fsp3) is 0.556. The second kappa shape index (κ2) is 6.00. The summed E-state index contributed by atoms with van der Waals surface area (Å²) >= 11 is 0. The number of carbonyl (C=O) groups excluding carboxylic acids is 2. The van der Waals surface area contributed by atoms with Crippen LogP contribution in [0.5, 0.6) is 0 Å². The molecule has 0 spiro atoms.